The average molecular weight is 272 g/mol. The SMILES string of the molecule is CNc1nnc(CSc2cccc(Cl)c2)s1. The van der Waals surface area contributed by atoms with Crippen molar-refractivity contribution in [3.8, 4) is 0 Å². The molecule has 1 heterocycles. The molecule has 0 saturated carbocycles. The van der Waals surface area contributed by atoms with E-state index in [1.54, 1.807) is 23.1 Å². The van der Waals surface area contributed by atoms with Crippen LogP contribution < -0.4 is 5.32 Å². The third-order valence-corrected chi connectivity index (χ3v) is 4.20. The molecule has 0 amide bonds. The third kappa shape index (κ3) is 3.10. The molecule has 0 bridgehead atoms. The van der Waals surface area contributed by atoms with Gasteiger partial charge in [0, 0.05) is 17.0 Å². The molecule has 0 saturated heterocycles. The lowest BCUT2D eigenvalue weighted by molar-refractivity contribution is 1.04. The first-order chi connectivity index (χ1) is 7.78. The molecule has 16 heavy (non-hydrogen) atoms. The second kappa shape index (κ2) is 5.52. The predicted octanol–water partition coefficient (Wildman–Crippen LogP) is 3.53. The Morgan fingerprint density at radius 1 is 1.44 bits per heavy atom. The van der Waals surface area contributed by atoms with E-state index >= 15 is 0 Å². The van der Waals surface area contributed by atoms with Gasteiger partial charge >= 0.3 is 0 Å². The summed E-state index contributed by atoms with van der Waals surface area (Å²) in [5.74, 6) is 0.819. The average Bonchev–Trinajstić information content (AvgIpc) is 2.74. The van der Waals surface area contributed by atoms with Crippen molar-refractivity contribution in [2.75, 3.05) is 12.4 Å². The molecule has 1 aromatic heterocycles. The molecule has 0 aliphatic carbocycles. The molecule has 0 unspecified atom stereocenters. The van der Waals surface area contributed by atoms with Crippen molar-refractivity contribution in [1.82, 2.24) is 10.2 Å². The predicted molar refractivity (Wildman–Crippen MR) is 70.5 cm³/mol. The first-order valence-electron chi connectivity index (χ1n) is 4.66. The minimum atomic E-state index is 0.762. The summed E-state index contributed by atoms with van der Waals surface area (Å²) in [6.45, 7) is 0. The van der Waals surface area contributed by atoms with Crippen LogP contribution in [0, 0.1) is 0 Å². The van der Waals surface area contributed by atoms with Gasteiger partial charge in [0.1, 0.15) is 5.01 Å². The minimum Gasteiger partial charge on any atom is -0.363 e. The fraction of sp³-hybridized carbons (Fsp3) is 0.200. The molecule has 2 rings (SSSR count). The molecule has 2 aromatic rings. The van der Waals surface area contributed by atoms with Crippen LogP contribution in [0.2, 0.25) is 5.02 Å². The van der Waals surface area contributed by atoms with Crippen LogP contribution in [0.4, 0.5) is 5.13 Å². The van der Waals surface area contributed by atoms with E-state index in [1.807, 2.05) is 31.3 Å². The van der Waals surface area contributed by atoms with Gasteiger partial charge in [0.2, 0.25) is 5.13 Å². The molecule has 0 aliphatic rings. The zero-order valence-corrected chi connectivity index (χ0v) is 11.0. The molecule has 0 spiro atoms. The van der Waals surface area contributed by atoms with E-state index in [0.29, 0.717) is 0 Å². The van der Waals surface area contributed by atoms with Gasteiger partial charge in [-0.1, -0.05) is 29.0 Å². The smallest absolute Gasteiger partial charge is 0.205 e. The Hall–Kier alpha value is -0.780. The van der Waals surface area contributed by atoms with Crippen LogP contribution in [0.1, 0.15) is 5.01 Å². The number of thioether (sulfide) groups is 1. The maximum atomic E-state index is 5.90. The molecule has 0 aliphatic heterocycles. The molecule has 1 aromatic carbocycles. The number of halogens is 1. The molecular weight excluding hydrogens is 262 g/mol. The lowest BCUT2D eigenvalue weighted by atomic mass is 10.4. The molecule has 0 fully saturated rings. The zero-order chi connectivity index (χ0) is 11.4. The summed E-state index contributed by atoms with van der Waals surface area (Å²) in [4.78, 5) is 1.15. The van der Waals surface area contributed by atoms with Gasteiger partial charge in [-0.15, -0.1) is 22.0 Å². The van der Waals surface area contributed by atoms with E-state index in [2.05, 4.69) is 15.5 Å². The highest BCUT2D eigenvalue weighted by Gasteiger charge is 2.03. The third-order valence-electron chi connectivity index (χ3n) is 1.84. The van der Waals surface area contributed by atoms with Crippen molar-refractivity contribution in [3.05, 3.63) is 34.3 Å². The Labute approximate surface area is 107 Å². The molecule has 1 N–H and O–H groups in total. The highest BCUT2D eigenvalue weighted by molar-refractivity contribution is 7.98. The Morgan fingerprint density at radius 2 is 2.31 bits per heavy atom. The fourth-order valence-corrected chi connectivity index (χ4v) is 3.00. The standard InChI is InChI=1S/C10H10ClN3S2/c1-12-10-14-13-9(16-10)6-15-8-4-2-3-7(11)5-8/h2-5H,6H2,1H3,(H,12,14). The topological polar surface area (TPSA) is 37.8 Å². The van der Waals surface area contributed by atoms with Crippen LogP contribution in [-0.2, 0) is 5.75 Å². The van der Waals surface area contributed by atoms with Crippen molar-refractivity contribution >= 4 is 39.8 Å². The monoisotopic (exact) mass is 271 g/mol. The van der Waals surface area contributed by atoms with Gasteiger partial charge in [0.25, 0.3) is 0 Å². The Kier molecular flexibility index (Phi) is 4.04. The quantitative estimate of drug-likeness (QED) is 0.864. The van der Waals surface area contributed by atoms with Crippen molar-refractivity contribution in [1.29, 1.82) is 0 Å². The molecule has 0 atom stereocenters. The summed E-state index contributed by atoms with van der Waals surface area (Å²) >= 11 is 9.18. The lowest BCUT2D eigenvalue weighted by Crippen LogP contribution is -1.84. The van der Waals surface area contributed by atoms with Crippen LogP contribution >= 0.6 is 34.7 Å². The van der Waals surface area contributed by atoms with Gasteiger partial charge in [-0.2, -0.15) is 0 Å². The summed E-state index contributed by atoms with van der Waals surface area (Å²) in [5, 5.41) is 13.6. The lowest BCUT2D eigenvalue weighted by Gasteiger charge is -1.98. The van der Waals surface area contributed by atoms with Gasteiger partial charge in [-0.25, -0.2) is 0 Å². The summed E-state index contributed by atoms with van der Waals surface area (Å²) in [6.07, 6.45) is 0. The fourth-order valence-electron chi connectivity index (χ4n) is 1.11. The summed E-state index contributed by atoms with van der Waals surface area (Å²) in [7, 11) is 1.84. The molecular formula is C10H10ClN3S2. The zero-order valence-electron chi connectivity index (χ0n) is 8.61. The number of hydrogen-bond acceptors (Lipinski definition) is 5. The van der Waals surface area contributed by atoms with Crippen LogP contribution in [0.15, 0.2) is 29.2 Å². The number of nitrogens with one attached hydrogen (secondary N) is 1. The highest BCUT2D eigenvalue weighted by atomic mass is 35.5. The number of hydrogen-bond donors (Lipinski definition) is 1. The van der Waals surface area contributed by atoms with Gasteiger partial charge in [-0.3, -0.25) is 0 Å². The van der Waals surface area contributed by atoms with E-state index in [0.717, 1.165) is 25.8 Å². The van der Waals surface area contributed by atoms with Crippen LogP contribution in [0.25, 0.3) is 0 Å². The normalized spacial score (nSPS) is 10.4. The molecule has 0 radical (unpaired) electrons. The second-order valence-electron chi connectivity index (χ2n) is 3.00. The summed E-state index contributed by atoms with van der Waals surface area (Å²) in [5.41, 5.74) is 0. The Morgan fingerprint density at radius 3 is 3.00 bits per heavy atom. The van der Waals surface area contributed by atoms with Crippen molar-refractivity contribution in [2.24, 2.45) is 0 Å². The molecule has 84 valence electrons. The summed E-state index contributed by atoms with van der Waals surface area (Å²) < 4.78 is 0. The highest BCUT2D eigenvalue weighted by Crippen LogP contribution is 2.27. The van der Waals surface area contributed by atoms with Crippen molar-refractivity contribution in [3.63, 3.8) is 0 Å². The van der Waals surface area contributed by atoms with E-state index in [-0.39, 0.29) is 0 Å². The van der Waals surface area contributed by atoms with E-state index in [1.165, 1.54) is 0 Å². The van der Waals surface area contributed by atoms with Crippen LogP contribution in [0.5, 0.6) is 0 Å². The van der Waals surface area contributed by atoms with Crippen molar-refractivity contribution in [2.45, 2.75) is 10.6 Å². The van der Waals surface area contributed by atoms with E-state index < -0.39 is 0 Å². The number of nitrogens with zero attached hydrogens (tertiary/aromatic N) is 2. The Balaban J connectivity index is 1.96. The largest absolute Gasteiger partial charge is 0.363 e. The van der Waals surface area contributed by atoms with Gasteiger partial charge in [-0.05, 0) is 18.2 Å². The van der Waals surface area contributed by atoms with Gasteiger partial charge in [0.15, 0.2) is 0 Å². The number of anilines is 1. The van der Waals surface area contributed by atoms with Crippen molar-refractivity contribution < 1.29 is 0 Å². The number of benzene rings is 1. The number of aromatic nitrogens is 2. The summed E-state index contributed by atoms with van der Waals surface area (Å²) in [6, 6.07) is 7.81. The molecule has 3 nitrogen and oxygen atoms in total. The number of rotatable bonds is 4. The maximum absolute atomic E-state index is 5.90. The first kappa shape index (κ1) is 11.7. The minimum absolute atomic E-state index is 0.762. The first-order valence-corrected chi connectivity index (χ1v) is 6.84. The Bertz CT molecular complexity index is 473. The van der Waals surface area contributed by atoms with E-state index in [9.17, 15) is 0 Å². The molecule has 6 heteroatoms. The van der Waals surface area contributed by atoms with Crippen LogP contribution in [0.3, 0.4) is 0 Å². The van der Waals surface area contributed by atoms with Gasteiger partial charge < -0.3 is 5.32 Å². The maximum Gasteiger partial charge on any atom is 0.205 e. The van der Waals surface area contributed by atoms with Gasteiger partial charge in [0.05, 0.1) is 5.75 Å². The second-order valence-corrected chi connectivity index (χ2v) is 5.54. The van der Waals surface area contributed by atoms with E-state index in [4.69, 9.17) is 11.6 Å². The van der Waals surface area contributed by atoms with Crippen LogP contribution in [-0.4, -0.2) is 17.2 Å².